The molecule has 0 aliphatic rings. The number of hydrogen-bond donors (Lipinski definition) is 1. The van der Waals surface area contributed by atoms with Gasteiger partial charge in [0.1, 0.15) is 16.4 Å². The molecule has 0 aliphatic carbocycles. The first kappa shape index (κ1) is 19.0. The summed E-state index contributed by atoms with van der Waals surface area (Å²) in [7, 11) is 0. The molecule has 1 N–H and O–H groups in total. The van der Waals surface area contributed by atoms with Gasteiger partial charge in [0, 0.05) is 15.6 Å². The number of ether oxygens (including phenoxy) is 1. The van der Waals surface area contributed by atoms with Crippen molar-refractivity contribution in [2.75, 3.05) is 0 Å². The fraction of sp³-hybridized carbons (Fsp3) is 0.0800. The summed E-state index contributed by atoms with van der Waals surface area (Å²) in [5, 5.41) is 10.7. The van der Waals surface area contributed by atoms with Gasteiger partial charge in [0.2, 0.25) is 5.78 Å². The van der Waals surface area contributed by atoms with Crippen molar-refractivity contribution in [1.29, 1.82) is 0 Å². The minimum absolute atomic E-state index is 0.0793. The van der Waals surface area contributed by atoms with Crippen molar-refractivity contribution >= 4 is 33.3 Å². The van der Waals surface area contributed by atoms with Gasteiger partial charge in [0.25, 0.3) is 0 Å². The lowest BCUT2D eigenvalue weighted by Gasteiger charge is -2.09. The number of benzene rings is 3. The number of rotatable bonds is 5. The largest absolute Gasteiger partial charge is 0.508 e. The highest BCUT2D eigenvalue weighted by Crippen LogP contribution is 2.42. The van der Waals surface area contributed by atoms with Gasteiger partial charge in [-0.25, -0.2) is 0 Å². The molecule has 29 heavy (non-hydrogen) atoms. The molecule has 144 valence electrons. The maximum Gasteiger partial charge on any atom is 0.207 e. The lowest BCUT2D eigenvalue weighted by Crippen LogP contribution is -2.03. The number of allylic oxidation sites excluding steroid dienone is 1. The normalized spacial score (nSPS) is 11.2. The first-order chi connectivity index (χ1) is 14.1. The summed E-state index contributed by atoms with van der Waals surface area (Å²) in [6.07, 6.45) is 3.99. The van der Waals surface area contributed by atoms with Crippen LogP contribution >= 0.6 is 11.3 Å². The van der Waals surface area contributed by atoms with Crippen molar-refractivity contribution in [2.24, 2.45) is 0 Å². The Kier molecular flexibility index (Phi) is 5.19. The topological polar surface area (TPSA) is 46.5 Å². The van der Waals surface area contributed by atoms with E-state index in [0.717, 1.165) is 21.2 Å². The summed E-state index contributed by atoms with van der Waals surface area (Å²) in [6.45, 7) is 3.90. The molecule has 1 heterocycles. The molecular formula is C25H20O3S. The Morgan fingerprint density at radius 1 is 1.03 bits per heavy atom. The molecule has 0 atom stereocenters. The van der Waals surface area contributed by atoms with Crippen LogP contribution in [0.15, 0.2) is 72.8 Å². The molecule has 0 amide bonds. The maximum atomic E-state index is 13.3. The van der Waals surface area contributed by atoms with Crippen LogP contribution in [0.4, 0.5) is 0 Å². The third-order valence-corrected chi connectivity index (χ3v) is 5.82. The van der Waals surface area contributed by atoms with Crippen LogP contribution in [0.25, 0.3) is 16.2 Å². The molecule has 4 heteroatoms. The lowest BCUT2D eigenvalue weighted by molar-refractivity contribution is 0.104. The SMILES string of the molecule is C/C=C/c1ccc(Oc2c(C(=O)c3ccccc3C)sc3cc(O)ccc23)cc1. The molecule has 0 radical (unpaired) electrons. The van der Waals surface area contributed by atoms with E-state index >= 15 is 0 Å². The van der Waals surface area contributed by atoms with E-state index in [9.17, 15) is 9.90 Å². The molecule has 4 rings (SSSR count). The zero-order valence-corrected chi connectivity index (χ0v) is 17.0. The molecule has 0 saturated heterocycles. The van der Waals surface area contributed by atoms with Gasteiger partial charge in [-0.05, 0) is 55.3 Å². The molecule has 4 aromatic rings. The average molecular weight is 400 g/mol. The highest BCUT2D eigenvalue weighted by molar-refractivity contribution is 7.21. The Labute approximate surface area is 173 Å². The highest BCUT2D eigenvalue weighted by Gasteiger charge is 2.23. The number of phenols is 1. The van der Waals surface area contributed by atoms with Gasteiger partial charge in [0.15, 0.2) is 5.75 Å². The number of carbonyl (C=O) groups excluding carboxylic acids is 1. The molecule has 0 unspecified atom stereocenters. The van der Waals surface area contributed by atoms with Crippen molar-refractivity contribution < 1.29 is 14.6 Å². The monoisotopic (exact) mass is 400 g/mol. The van der Waals surface area contributed by atoms with Crippen LogP contribution in [0, 0.1) is 6.92 Å². The maximum absolute atomic E-state index is 13.3. The third-order valence-electron chi connectivity index (χ3n) is 4.68. The second kappa shape index (κ2) is 7.94. The molecule has 3 aromatic carbocycles. The van der Waals surface area contributed by atoms with Crippen LogP contribution in [0.3, 0.4) is 0 Å². The van der Waals surface area contributed by atoms with Gasteiger partial charge in [-0.2, -0.15) is 0 Å². The molecule has 0 aliphatic heterocycles. The van der Waals surface area contributed by atoms with Crippen LogP contribution in [0.1, 0.15) is 33.3 Å². The molecule has 0 fully saturated rings. The zero-order chi connectivity index (χ0) is 20.4. The molecule has 0 saturated carbocycles. The van der Waals surface area contributed by atoms with Crippen molar-refractivity contribution in [3.63, 3.8) is 0 Å². The quantitative estimate of drug-likeness (QED) is 0.368. The summed E-state index contributed by atoms with van der Waals surface area (Å²) in [5.74, 6) is 1.27. The Hall–Kier alpha value is -3.37. The number of ketones is 1. The number of fused-ring (bicyclic) bond motifs is 1. The molecule has 3 nitrogen and oxygen atoms in total. The summed E-state index contributed by atoms with van der Waals surface area (Å²) < 4.78 is 7.01. The minimum Gasteiger partial charge on any atom is -0.508 e. The number of carbonyl (C=O) groups is 1. The van der Waals surface area contributed by atoms with Gasteiger partial charge >= 0.3 is 0 Å². The van der Waals surface area contributed by atoms with Gasteiger partial charge < -0.3 is 9.84 Å². The van der Waals surface area contributed by atoms with E-state index in [-0.39, 0.29) is 11.5 Å². The molecule has 0 bridgehead atoms. The number of aryl methyl sites for hydroxylation is 1. The summed E-state index contributed by atoms with van der Waals surface area (Å²) in [6, 6.07) is 20.3. The van der Waals surface area contributed by atoms with Gasteiger partial charge in [-0.1, -0.05) is 48.6 Å². The first-order valence-corrected chi connectivity index (χ1v) is 10.1. The van der Waals surface area contributed by atoms with Crippen LogP contribution in [0.2, 0.25) is 0 Å². The second-order valence-electron chi connectivity index (χ2n) is 6.76. The Balaban J connectivity index is 1.82. The fourth-order valence-electron chi connectivity index (χ4n) is 3.22. The van der Waals surface area contributed by atoms with E-state index in [1.54, 1.807) is 18.2 Å². The smallest absolute Gasteiger partial charge is 0.207 e. The second-order valence-corrected chi connectivity index (χ2v) is 7.81. The van der Waals surface area contributed by atoms with Crippen molar-refractivity contribution in [3.05, 3.63) is 94.4 Å². The van der Waals surface area contributed by atoms with Gasteiger partial charge in [-0.3, -0.25) is 4.79 Å². The number of thiophene rings is 1. The number of aromatic hydroxyl groups is 1. The van der Waals surface area contributed by atoms with E-state index in [1.807, 2.05) is 74.5 Å². The average Bonchev–Trinajstić information content (AvgIpc) is 3.07. The van der Waals surface area contributed by atoms with Gasteiger partial charge in [0.05, 0.1) is 0 Å². The standard InChI is InChI=1S/C25H20O3S/c1-3-6-17-9-12-19(13-10-17)28-24-21-14-11-18(26)15-22(21)29-25(24)23(27)20-8-5-4-7-16(20)2/h3-15,26H,1-2H3/b6-3+. The van der Waals surface area contributed by atoms with Crippen LogP contribution in [0.5, 0.6) is 17.2 Å². The lowest BCUT2D eigenvalue weighted by atomic mass is 10.0. The molecule has 1 aromatic heterocycles. The predicted octanol–water partition coefficient (Wildman–Crippen LogP) is 6.97. The van der Waals surface area contributed by atoms with Crippen LogP contribution in [-0.4, -0.2) is 10.9 Å². The summed E-state index contributed by atoms with van der Waals surface area (Å²) in [4.78, 5) is 13.9. The Morgan fingerprint density at radius 3 is 2.52 bits per heavy atom. The van der Waals surface area contributed by atoms with Crippen molar-refractivity contribution in [1.82, 2.24) is 0 Å². The molecule has 0 spiro atoms. The first-order valence-electron chi connectivity index (χ1n) is 9.33. The molecular weight excluding hydrogens is 380 g/mol. The third kappa shape index (κ3) is 3.80. The van der Waals surface area contributed by atoms with Crippen LogP contribution < -0.4 is 4.74 Å². The zero-order valence-electron chi connectivity index (χ0n) is 16.2. The summed E-state index contributed by atoms with van der Waals surface area (Å²) in [5.41, 5.74) is 2.65. The van der Waals surface area contributed by atoms with E-state index in [2.05, 4.69) is 0 Å². The van der Waals surface area contributed by atoms with Crippen molar-refractivity contribution in [3.8, 4) is 17.2 Å². The van der Waals surface area contributed by atoms with Crippen molar-refractivity contribution in [2.45, 2.75) is 13.8 Å². The minimum atomic E-state index is -0.0793. The number of hydrogen-bond acceptors (Lipinski definition) is 4. The van der Waals surface area contributed by atoms with E-state index in [4.69, 9.17) is 4.74 Å². The summed E-state index contributed by atoms with van der Waals surface area (Å²) >= 11 is 1.33. The van der Waals surface area contributed by atoms with E-state index in [1.165, 1.54) is 11.3 Å². The highest BCUT2D eigenvalue weighted by atomic mass is 32.1. The van der Waals surface area contributed by atoms with Gasteiger partial charge in [-0.15, -0.1) is 11.3 Å². The predicted molar refractivity (Wildman–Crippen MR) is 119 cm³/mol. The van der Waals surface area contributed by atoms with E-state index in [0.29, 0.717) is 21.9 Å². The fourth-order valence-corrected chi connectivity index (χ4v) is 4.34. The Morgan fingerprint density at radius 2 is 1.79 bits per heavy atom. The Bertz CT molecular complexity index is 1220. The van der Waals surface area contributed by atoms with Crippen LogP contribution in [-0.2, 0) is 0 Å². The number of phenolic OH excluding ortho intramolecular Hbond substituents is 1. The van der Waals surface area contributed by atoms with E-state index < -0.39 is 0 Å².